The molecule has 4 nitrogen and oxygen atoms in total. The maximum atomic E-state index is 13.8. The van der Waals surface area contributed by atoms with Crippen LogP contribution in [0.3, 0.4) is 0 Å². The number of aryl methyl sites for hydroxylation is 1. The zero-order chi connectivity index (χ0) is 19.1. The molecule has 0 atom stereocenters. The Hall–Kier alpha value is -2.92. The van der Waals surface area contributed by atoms with Crippen molar-refractivity contribution in [1.82, 2.24) is 14.5 Å². The SMILES string of the molecule is Cc1c(Cl)cccc1Nc1ncnc2c1c(C)c(C)n2-c1cccc(F)c1. The highest BCUT2D eigenvalue weighted by Gasteiger charge is 2.18. The summed E-state index contributed by atoms with van der Waals surface area (Å²) in [5.41, 5.74) is 5.32. The van der Waals surface area contributed by atoms with Crippen molar-refractivity contribution in [2.45, 2.75) is 20.8 Å². The van der Waals surface area contributed by atoms with Crippen LogP contribution >= 0.6 is 11.6 Å². The third-order valence-electron chi connectivity index (χ3n) is 4.88. The number of benzene rings is 2. The lowest BCUT2D eigenvalue weighted by Crippen LogP contribution is -2.00. The van der Waals surface area contributed by atoms with E-state index < -0.39 is 0 Å². The van der Waals surface area contributed by atoms with Crippen LogP contribution in [0.4, 0.5) is 15.9 Å². The van der Waals surface area contributed by atoms with Crippen molar-refractivity contribution in [2.75, 3.05) is 5.32 Å². The van der Waals surface area contributed by atoms with E-state index in [2.05, 4.69) is 15.3 Å². The molecule has 0 amide bonds. The molecule has 0 unspecified atom stereocenters. The highest BCUT2D eigenvalue weighted by atomic mass is 35.5. The fourth-order valence-corrected chi connectivity index (χ4v) is 3.47. The summed E-state index contributed by atoms with van der Waals surface area (Å²) in [5, 5.41) is 4.97. The first-order valence-corrected chi connectivity index (χ1v) is 8.96. The maximum Gasteiger partial charge on any atom is 0.150 e. The van der Waals surface area contributed by atoms with Crippen LogP contribution in [0.15, 0.2) is 48.8 Å². The molecule has 6 heteroatoms. The van der Waals surface area contributed by atoms with E-state index >= 15 is 0 Å². The molecule has 4 aromatic rings. The average Bonchev–Trinajstić information content (AvgIpc) is 2.91. The van der Waals surface area contributed by atoms with Crippen LogP contribution in [-0.4, -0.2) is 14.5 Å². The standard InChI is InChI=1S/C21H18ClFN4/c1-12-14(3)27(16-7-4-6-15(23)10-16)21-19(12)20(24-11-25-21)26-18-9-5-8-17(22)13(18)2/h4-11H,1-3H3,(H,24,25,26). The van der Waals surface area contributed by atoms with Gasteiger partial charge in [-0.15, -0.1) is 0 Å². The van der Waals surface area contributed by atoms with Gasteiger partial charge in [0.1, 0.15) is 18.0 Å². The monoisotopic (exact) mass is 380 g/mol. The third kappa shape index (κ3) is 2.94. The Morgan fingerprint density at radius 1 is 1.00 bits per heavy atom. The van der Waals surface area contributed by atoms with Crippen LogP contribution in [0.5, 0.6) is 0 Å². The molecule has 2 aromatic carbocycles. The van der Waals surface area contributed by atoms with Gasteiger partial charge in [0.15, 0.2) is 5.65 Å². The highest BCUT2D eigenvalue weighted by Crippen LogP contribution is 2.34. The predicted molar refractivity (Wildman–Crippen MR) is 108 cm³/mol. The Morgan fingerprint density at radius 3 is 2.56 bits per heavy atom. The van der Waals surface area contributed by atoms with Gasteiger partial charge in [-0.3, -0.25) is 4.57 Å². The van der Waals surface area contributed by atoms with Crippen molar-refractivity contribution in [2.24, 2.45) is 0 Å². The molecule has 0 aliphatic carbocycles. The number of fused-ring (bicyclic) bond motifs is 1. The Balaban J connectivity index is 1.92. The molecule has 0 aliphatic rings. The molecule has 0 bridgehead atoms. The summed E-state index contributed by atoms with van der Waals surface area (Å²) in [5.74, 6) is 0.412. The smallest absolute Gasteiger partial charge is 0.150 e. The van der Waals surface area contributed by atoms with Gasteiger partial charge in [-0.25, -0.2) is 14.4 Å². The number of anilines is 2. The van der Waals surface area contributed by atoms with Gasteiger partial charge in [0, 0.05) is 16.4 Å². The topological polar surface area (TPSA) is 42.7 Å². The van der Waals surface area contributed by atoms with Crippen LogP contribution in [0, 0.1) is 26.6 Å². The first-order valence-electron chi connectivity index (χ1n) is 8.58. The number of nitrogens with one attached hydrogen (secondary N) is 1. The van der Waals surface area contributed by atoms with Crippen LogP contribution in [0.25, 0.3) is 16.7 Å². The zero-order valence-corrected chi connectivity index (χ0v) is 16.0. The highest BCUT2D eigenvalue weighted by molar-refractivity contribution is 6.31. The van der Waals surface area contributed by atoms with Crippen molar-refractivity contribution >= 4 is 34.1 Å². The fraction of sp³-hybridized carbons (Fsp3) is 0.143. The van der Waals surface area contributed by atoms with Crippen LogP contribution in [-0.2, 0) is 0 Å². The van der Waals surface area contributed by atoms with E-state index in [1.807, 2.05) is 49.6 Å². The van der Waals surface area contributed by atoms with Crippen molar-refractivity contribution in [3.05, 3.63) is 76.5 Å². The minimum absolute atomic E-state index is 0.284. The zero-order valence-electron chi connectivity index (χ0n) is 15.2. The molecule has 2 aromatic heterocycles. The Kier molecular flexibility index (Phi) is 4.32. The lowest BCUT2D eigenvalue weighted by molar-refractivity contribution is 0.626. The van der Waals surface area contributed by atoms with Crippen molar-refractivity contribution in [3.63, 3.8) is 0 Å². The normalized spacial score (nSPS) is 11.1. The number of nitrogens with zero attached hydrogens (tertiary/aromatic N) is 3. The second-order valence-electron chi connectivity index (χ2n) is 6.48. The molecule has 0 spiro atoms. The van der Waals surface area contributed by atoms with Crippen LogP contribution in [0.1, 0.15) is 16.8 Å². The summed E-state index contributed by atoms with van der Waals surface area (Å²) in [6.07, 6.45) is 1.51. The van der Waals surface area contributed by atoms with E-state index in [1.165, 1.54) is 18.5 Å². The van der Waals surface area contributed by atoms with Crippen molar-refractivity contribution in [1.29, 1.82) is 0 Å². The number of halogens is 2. The molecule has 1 N–H and O–H groups in total. The Morgan fingerprint density at radius 2 is 1.78 bits per heavy atom. The van der Waals surface area contributed by atoms with Gasteiger partial charge in [-0.1, -0.05) is 23.7 Å². The molecule has 2 heterocycles. The van der Waals surface area contributed by atoms with E-state index in [1.54, 1.807) is 6.07 Å². The van der Waals surface area contributed by atoms with Crippen LogP contribution in [0.2, 0.25) is 5.02 Å². The largest absolute Gasteiger partial charge is 0.339 e. The van der Waals surface area contributed by atoms with E-state index in [0.29, 0.717) is 10.8 Å². The van der Waals surface area contributed by atoms with E-state index in [0.717, 1.165) is 39.2 Å². The van der Waals surface area contributed by atoms with Crippen molar-refractivity contribution in [3.8, 4) is 5.69 Å². The van der Waals surface area contributed by atoms with Gasteiger partial charge in [0.05, 0.1) is 11.1 Å². The molecule has 4 rings (SSSR count). The van der Waals surface area contributed by atoms with Gasteiger partial charge in [-0.2, -0.15) is 0 Å². The summed E-state index contributed by atoms with van der Waals surface area (Å²) >= 11 is 6.24. The lowest BCUT2D eigenvalue weighted by Gasteiger charge is -2.11. The van der Waals surface area contributed by atoms with Gasteiger partial charge in [0.25, 0.3) is 0 Å². The van der Waals surface area contributed by atoms with E-state index in [4.69, 9.17) is 11.6 Å². The van der Waals surface area contributed by atoms with Gasteiger partial charge >= 0.3 is 0 Å². The average molecular weight is 381 g/mol. The number of hydrogen-bond acceptors (Lipinski definition) is 3. The maximum absolute atomic E-state index is 13.8. The molecule has 0 saturated heterocycles. The van der Waals surface area contributed by atoms with E-state index in [-0.39, 0.29) is 5.82 Å². The minimum atomic E-state index is -0.284. The second-order valence-corrected chi connectivity index (χ2v) is 6.89. The molecule has 0 aliphatic heterocycles. The van der Waals surface area contributed by atoms with Gasteiger partial charge in [0.2, 0.25) is 0 Å². The van der Waals surface area contributed by atoms with Gasteiger partial charge in [-0.05, 0) is 62.2 Å². The summed E-state index contributed by atoms with van der Waals surface area (Å²) < 4.78 is 15.7. The minimum Gasteiger partial charge on any atom is -0.339 e. The third-order valence-corrected chi connectivity index (χ3v) is 5.29. The predicted octanol–water partition coefficient (Wildman–Crippen LogP) is 5.88. The Bertz CT molecular complexity index is 1170. The molecule has 136 valence electrons. The Labute approximate surface area is 161 Å². The summed E-state index contributed by atoms with van der Waals surface area (Å²) in [7, 11) is 0. The van der Waals surface area contributed by atoms with Crippen LogP contribution < -0.4 is 5.32 Å². The summed E-state index contributed by atoms with van der Waals surface area (Å²) in [6, 6.07) is 12.2. The van der Waals surface area contributed by atoms with E-state index in [9.17, 15) is 4.39 Å². The number of rotatable bonds is 3. The molecular formula is C21H18ClFN4. The fourth-order valence-electron chi connectivity index (χ4n) is 3.29. The first-order chi connectivity index (χ1) is 13.0. The number of aromatic nitrogens is 3. The van der Waals surface area contributed by atoms with Crippen molar-refractivity contribution < 1.29 is 4.39 Å². The second kappa shape index (κ2) is 6.67. The molecule has 0 saturated carbocycles. The lowest BCUT2D eigenvalue weighted by atomic mass is 10.1. The summed E-state index contributed by atoms with van der Waals surface area (Å²) in [4.78, 5) is 8.92. The number of hydrogen-bond donors (Lipinski definition) is 1. The molecule has 0 radical (unpaired) electrons. The van der Waals surface area contributed by atoms with Gasteiger partial charge < -0.3 is 5.32 Å². The quantitative estimate of drug-likeness (QED) is 0.482. The molecule has 0 fully saturated rings. The summed E-state index contributed by atoms with van der Waals surface area (Å²) in [6.45, 7) is 5.97. The molecular weight excluding hydrogens is 363 g/mol. The molecule has 27 heavy (non-hydrogen) atoms. The first kappa shape index (κ1) is 17.5.